The maximum absolute atomic E-state index is 5.75. The zero-order valence-electron chi connectivity index (χ0n) is 9.23. The maximum atomic E-state index is 5.75. The highest BCUT2D eigenvalue weighted by Gasteiger charge is 2.14. The van der Waals surface area contributed by atoms with Crippen LogP contribution < -0.4 is 10.6 Å². The molecule has 1 aromatic heterocycles. The Morgan fingerprint density at radius 3 is 3.00 bits per heavy atom. The molecule has 0 saturated heterocycles. The van der Waals surface area contributed by atoms with Crippen LogP contribution in [0.5, 0.6) is 0 Å². The van der Waals surface area contributed by atoms with Crippen LogP contribution in [0.15, 0.2) is 12.3 Å². The van der Waals surface area contributed by atoms with Crippen LogP contribution in [0.25, 0.3) is 0 Å². The number of ether oxygens (including phenoxy) is 1. The Hall–Kier alpha value is -1.13. The van der Waals surface area contributed by atoms with E-state index in [0.717, 1.165) is 12.4 Å². The van der Waals surface area contributed by atoms with Crippen molar-refractivity contribution < 1.29 is 4.74 Å². The molecule has 0 bridgehead atoms. The van der Waals surface area contributed by atoms with Crippen LogP contribution in [0.2, 0.25) is 0 Å². The molecule has 4 heteroatoms. The standard InChI is InChI=1S/C11H17N3O/c1-8(12)5-14(2)11-3-9-6-15-7-10(9)4-13-11/h3-4,8H,5-7,12H2,1-2H3. The third-order valence-electron chi connectivity index (χ3n) is 2.54. The molecule has 0 saturated carbocycles. The molecule has 0 aliphatic carbocycles. The Balaban J connectivity index is 2.15. The molecule has 4 nitrogen and oxygen atoms in total. The second kappa shape index (κ2) is 4.16. The second-order valence-electron chi connectivity index (χ2n) is 4.16. The van der Waals surface area contributed by atoms with Crippen LogP contribution in [-0.2, 0) is 18.0 Å². The van der Waals surface area contributed by atoms with Crippen molar-refractivity contribution in [2.75, 3.05) is 18.5 Å². The van der Waals surface area contributed by atoms with Crippen molar-refractivity contribution in [3.8, 4) is 0 Å². The van der Waals surface area contributed by atoms with Gasteiger partial charge in [-0.25, -0.2) is 4.98 Å². The normalized spacial score (nSPS) is 16.2. The highest BCUT2D eigenvalue weighted by Crippen LogP contribution is 2.22. The van der Waals surface area contributed by atoms with Crippen LogP contribution in [0.3, 0.4) is 0 Å². The Labute approximate surface area is 90.0 Å². The lowest BCUT2D eigenvalue weighted by Gasteiger charge is -2.20. The van der Waals surface area contributed by atoms with Crippen molar-refractivity contribution in [2.45, 2.75) is 26.2 Å². The van der Waals surface area contributed by atoms with Crippen LogP contribution in [0.1, 0.15) is 18.1 Å². The summed E-state index contributed by atoms with van der Waals surface area (Å²) in [5.74, 6) is 0.969. The number of hydrogen-bond donors (Lipinski definition) is 1. The summed E-state index contributed by atoms with van der Waals surface area (Å²) >= 11 is 0. The number of likely N-dealkylation sites (N-methyl/N-ethyl adjacent to an activating group) is 1. The Morgan fingerprint density at radius 2 is 2.27 bits per heavy atom. The average Bonchev–Trinajstić information content (AvgIpc) is 2.62. The highest BCUT2D eigenvalue weighted by molar-refractivity contribution is 5.43. The summed E-state index contributed by atoms with van der Waals surface area (Å²) in [7, 11) is 2.01. The lowest BCUT2D eigenvalue weighted by Crippen LogP contribution is -2.33. The number of hydrogen-bond acceptors (Lipinski definition) is 4. The molecule has 82 valence electrons. The average molecular weight is 207 g/mol. The molecular formula is C11H17N3O. The molecule has 0 radical (unpaired) electrons. The number of pyridine rings is 1. The summed E-state index contributed by atoms with van der Waals surface area (Å²) in [6, 6.07) is 2.24. The smallest absolute Gasteiger partial charge is 0.128 e. The van der Waals surface area contributed by atoms with Gasteiger partial charge in [0.25, 0.3) is 0 Å². The van der Waals surface area contributed by atoms with Gasteiger partial charge in [-0.2, -0.15) is 0 Å². The molecule has 2 N–H and O–H groups in total. The lowest BCUT2D eigenvalue weighted by molar-refractivity contribution is 0.134. The zero-order chi connectivity index (χ0) is 10.8. The summed E-state index contributed by atoms with van der Waals surface area (Å²) in [6.45, 7) is 4.20. The van der Waals surface area contributed by atoms with Gasteiger partial charge in [0, 0.05) is 31.4 Å². The Kier molecular flexibility index (Phi) is 2.88. The van der Waals surface area contributed by atoms with Gasteiger partial charge in [0.15, 0.2) is 0 Å². The Bertz CT molecular complexity index is 352. The SMILES string of the molecule is CC(N)CN(C)c1cc2c(cn1)COC2. The van der Waals surface area contributed by atoms with Gasteiger partial charge in [-0.05, 0) is 18.6 Å². The minimum Gasteiger partial charge on any atom is -0.372 e. The van der Waals surface area contributed by atoms with Gasteiger partial charge < -0.3 is 15.4 Å². The van der Waals surface area contributed by atoms with Crippen molar-refractivity contribution in [3.05, 3.63) is 23.4 Å². The largest absolute Gasteiger partial charge is 0.372 e. The van der Waals surface area contributed by atoms with E-state index in [0.29, 0.717) is 13.2 Å². The third kappa shape index (κ3) is 2.27. The summed E-state index contributed by atoms with van der Waals surface area (Å²) in [5, 5.41) is 0. The Morgan fingerprint density at radius 1 is 1.53 bits per heavy atom. The van der Waals surface area contributed by atoms with E-state index in [-0.39, 0.29) is 6.04 Å². The van der Waals surface area contributed by atoms with Gasteiger partial charge in [-0.1, -0.05) is 0 Å². The number of nitrogens with two attached hydrogens (primary N) is 1. The van der Waals surface area contributed by atoms with E-state index in [1.54, 1.807) is 0 Å². The fourth-order valence-electron chi connectivity index (χ4n) is 1.78. The van der Waals surface area contributed by atoms with Crippen LogP contribution in [0, 0.1) is 0 Å². The number of rotatable bonds is 3. The number of nitrogens with zero attached hydrogens (tertiary/aromatic N) is 2. The van der Waals surface area contributed by atoms with Crippen molar-refractivity contribution in [3.63, 3.8) is 0 Å². The number of fused-ring (bicyclic) bond motifs is 1. The van der Waals surface area contributed by atoms with Crippen molar-refractivity contribution in [1.82, 2.24) is 4.98 Å². The minimum atomic E-state index is 0.154. The van der Waals surface area contributed by atoms with E-state index in [2.05, 4.69) is 16.0 Å². The first-order valence-electron chi connectivity index (χ1n) is 5.19. The van der Waals surface area contributed by atoms with E-state index in [9.17, 15) is 0 Å². The van der Waals surface area contributed by atoms with E-state index in [1.807, 2.05) is 20.2 Å². The monoisotopic (exact) mass is 207 g/mol. The van der Waals surface area contributed by atoms with Crippen molar-refractivity contribution >= 4 is 5.82 Å². The van der Waals surface area contributed by atoms with E-state index in [1.165, 1.54) is 11.1 Å². The molecule has 1 atom stereocenters. The van der Waals surface area contributed by atoms with Crippen LogP contribution >= 0.6 is 0 Å². The molecule has 0 aromatic carbocycles. The predicted octanol–water partition coefficient (Wildman–Crippen LogP) is 0.895. The molecule has 1 unspecified atom stereocenters. The summed E-state index contributed by atoms with van der Waals surface area (Å²) in [5.41, 5.74) is 8.20. The molecular weight excluding hydrogens is 190 g/mol. The van der Waals surface area contributed by atoms with Gasteiger partial charge in [0.05, 0.1) is 13.2 Å². The highest BCUT2D eigenvalue weighted by atomic mass is 16.5. The fraction of sp³-hybridized carbons (Fsp3) is 0.545. The first-order valence-corrected chi connectivity index (χ1v) is 5.19. The minimum absolute atomic E-state index is 0.154. The molecule has 0 fully saturated rings. The van der Waals surface area contributed by atoms with Gasteiger partial charge >= 0.3 is 0 Å². The lowest BCUT2D eigenvalue weighted by atomic mass is 10.2. The van der Waals surface area contributed by atoms with Crippen LogP contribution in [0.4, 0.5) is 5.82 Å². The van der Waals surface area contributed by atoms with Gasteiger partial charge in [0.2, 0.25) is 0 Å². The van der Waals surface area contributed by atoms with Crippen LogP contribution in [-0.4, -0.2) is 24.6 Å². The molecule has 1 aromatic rings. The summed E-state index contributed by atoms with van der Waals surface area (Å²) in [6.07, 6.45) is 1.90. The van der Waals surface area contributed by atoms with E-state index in [4.69, 9.17) is 10.5 Å². The maximum Gasteiger partial charge on any atom is 0.128 e. The molecule has 2 heterocycles. The van der Waals surface area contributed by atoms with Crippen molar-refractivity contribution in [1.29, 1.82) is 0 Å². The third-order valence-corrected chi connectivity index (χ3v) is 2.54. The molecule has 1 aliphatic rings. The summed E-state index contributed by atoms with van der Waals surface area (Å²) < 4.78 is 5.35. The molecule has 0 amide bonds. The second-order valence-corrected chi connectivity index (χ2v) is 4.16. The predicted molar refractivity (Wildman–Crippen MR) is 59.6 cm³/mol. The molecule has 0 spiro atoms. The van der Waals surface area contributed by atoms with Gasteiger partial charge in [-0.15, -0.1) is 0 Å². The zero-order valence-corrected chi connectivity index (χ0v) is 9.23. The van der Waals surface area contributed by atoms with E-state index >= 15 is 0 Å². The topological polar surface area (TPSA) is 51.4 Å². The van der Waals surface area contributed by atoms with E-state index < -0.39 is 0 Å². The molecule has 1 aliphatic heterocycles. The first-order chi connectivity index (χ1) is 7.16. The van der Waals surface area contributed by atoms with Gasteiger partial charge in [0.1, 0.15) is 5.82 Å². The quantitative estimate of drug-likeness (QED) is 0.800. The molecule has 2 rings (SSSR count). The fourth-order valence-corrected chi connectivity index (χ4v) is 1.78. The molecule has 15 heavy (non-hydrogen) atoms. The van der Waals surface area contributed by atoms with Crippen molar-refractivity contribution in [2.24, 2.45) is 5.73 Å². The number of aromatic nitrogens is 1. The first kappa shape index (κ1) is 10.4. The summed E-state index contributed by atoms with van der Waals surface area (Å²) in [4.78, 5) is 6.47. The number of anilines is 1. The van der Waals surface area contributed by atoms with Gasteiger partial charge in [-0.3, -0.25) is 0 Å².